The summed E-state index contributed by atoms with van der Waals surface area (Å²) in [6, 6.07) is -0.211. The summed E-state index contributed by atoms with van der Waals surface area (Å²) in [6.07, 6.45) is 1.49. The number of likely N-dealkylation sites (tertiary alicyclic amines) is 1. The maximum absolute atomic E-state index is 12.3. The zero-order valence-corrected chi connectivity index (χ0v) is 13.4. The molecule has 0 spiro atoms. The van der Waals surface area contributed by atoms with Gasteiger partial charge in [0.05, 0.1) is 6.04 Å². The Bertz CT molecular complexity index is 313. The highest BCUT2D eigenvalue weighted by atomic mass is 16.2. The molecule has 0 aliphatic carbocycles. The van der Waals surface area contributed by atoms with Gasteiger partial charge in [-0.2, -0.15) is 0 Å². The van der Waals surface area contributed by atoms with Crippen LogP contribution in [0, 0.1) is 11.8 Å². The second-order valence-corrected chi connectivity index (χ2v) is 6.41. The highest BCUT2D eigenvalue weighted by Crippen LogP contribution is 2.21. The minimum Gasteiger partial charge on any atom is -0.343 e. The lowest BCUT2D eigenvalue weighted by Gasteiger charge is -2.35. The SMILES string of the molecule is CC(C)[C@H](N)C(=O)N1CCC(C(=O)N(C)C(C)C)CC1. The van der Waals surface area contributed by atoms with E-state index < -0.39 is 6.04 Å². The minimum absolute atomic E-state index is 0.0168. The van der Waals surface area contributed by atoms with Crippen LogP contribution in [0.5, 0.6) is 0 Å². The highest BCUT2D eigenvalue weighted by molar-refractivity contribution is 5.83. The third-order valence-electron chi connectivity index (χ3n) is 4.28. The van der Waals surface area contributed by atoms with Crippen molar-refractivity contribution in [1.82, 2.24) is 9.80 Å². The van der Waals surface area contributed by atoms with Crippen LogP contribution in [0.4, 0.5) is 0 Å². The number of nitrogens with zero attached hydrogens (tertiary/aromatic N) is 2. The molecular weight excluding hydrogens is 254 g/mol. The Hall–Kier alpha value is -1.10. The number of carbonyl (C=O) groups is 2. The van der Waals surface area contributed by atoms with Crippen LogP contribution in [-0.4, -0.2) is 53.8 Å². The largest absolute Gasteiger partial charge is 0.343 e. The Labute approximate surface area is 122 Å². The summed E-state index contributed by atoms with van der Waals surface area (Å²) in [5, 5.41) is 0. The maximum Gasteiger partial charge on any atom is 0.239 e. The summed E-state index contributed by atoms with van der Waals surface area (Å²) in [4.78, 5) is 28.0. The van der Waals surface area contributed by atoms with Gasteiger partial charge in [0.15, 0.2) is 0 Å². The third-order valence-corrected chi connectivity index (χ3v) is 4.28. The fraction of sp³-hybridized carbons (Fsp3) is 0.867. The van der Waals surface area contributed by atoms with E-state index in [2.05, 4.69) is 0 Å². The third kappa shape index (κ3) is 3.95. The minimum atomic E-state index is -0.430. The number of piperidine rings is 1. The fourth-order valence-corrected chi connectivity index (χ4v) is 2.39. The Morgan fingerprint density at radius 2 is 1.65 bits per heavy atom. The number of hydrogen-bond donors (Lipinski definition) is 1. The van der Waals surface area contributed by atoms with Crippen molar-refractivity contribution in [2.45, 2.75) is 52.6 Å². The molecule has 0 bridgehead atoms. The molecule has 0 radical (unpaired) electrons. The molecule has 1 atom stereocenters. The normalized spacial score (nSPS) is 18.5. The van der Waals surface area contributed by atoms with Gasteiger partial charge in [-0.15, -0.1) is 0 Å². The number of carbonyl (C=O) groups excluding carboxylic acids is 2. The molecule has 2 amide bonds. The Balaban J connectivity index is 2.52. The van der Waals surface area contributed by atoms with E-state index in [-0.39, 0.29) is 29.7 Å². The highest BCUT2D eigenvalue weighted by Gasteiger charge is 2.31. The van der Waals surface area contributed by atoms with Crippen LogP contribution < -0.4 is 5.73 Å². The first-order valence-corrected chi connectivity index (χ1v) is 7.56. The van der Waals surface area contributed by atoms with Crippen molar-refractivity contribution < 1.29 is 9.59 Å². The van der Waals surface area contributed by atoms with E-state index in [0.717, 1.165) is 12.8 Å². The van der Waals surface area contributed by atoms with Gasteiger partial charge in [0.1, 0.15) is 0 Å². The predicted molar refractivity (Wildman–Crippen MR) is 80.0 cm³/mol. The number of hydrogen-bond acceptors (Lipinski definition) is 3. The van der Waals surface area contributed by atoms with Crippen molar-refractivity contribution in [2.24, 2.45) is 17.6 Å². The van der Waals surface area contributed by atoms with Crippen molar-refractivity contribution in [2.75, 3.05) is 20.1 Å². The van der Waals surface area contributed by atoms with Crippen molar-refractivity contribution >= 4 is 11.8 Å². The summed E-state index contributed by atoms with van der Waals surface area (Å²) in [5.74, 6) is 0.402. The van der Waals surface area contributed by atoms with Gasteiger partial charge in [-0.25, -0.2) is 0 Å². The molecule has 20 heavy (non-hydrogen) atoms. The topological polar surface area (TPSA) is 66.6 Å². The molecule has 0 aromatic rings. The monoisotopic (exact) mass is 283 g/mol. The molecule has 1 heterocycles. The maximum atomic E-state index is 12.3. The lowest BCUT2D eigenvalue weighted by atomic mass is 9.93. The predicted octanol–water partition coefficient (Wildman–Crippen LogP) is 1.08. The second kappa shape index (κ2) is 7.07. The van der Waals surface area contributed by atoms with E-state index in [0.29, 0.717) is 13.1 Å². The smallest absolute Gasteiger partial charge is 0.239 e. The van der Waals surface area contributed by atoms with Crippen LogP contribution in [0.3, 0.4) is 0 Å². The zero-order chi connectivity index (χ0) is 15.4. The van der Waals surface area contributed by atoms with Gasteiger partial charge in [-0.05, 0) is 32.6 Å². The molecule has 1 saturated heterocycles. The summed E-state index contributed by atoms with van der Waals surface area (Å²) >= 11 is 0. The molecule has 1 rings (SSSR count). The molecule has 0 saturated carbocycles. The summed E-state index contributed by atoms with van der Waals surface area (Å²) < 4.78 is 0. The molecule has 1 aliphatic heterocycles. The second-order valence-electron chi connectivity index (χ2n) is 6.41. The Kier molecular flexibility index (Phi) is 5.99. The van der Waals surface area contributed by atoms with Crippen LogP contribution in [0.1, 0.15) is 40.5 Å². The van der Waals surface area contributed by atoms with Crippen LogP contribution >= 0.6 is 0 Å². The number of amides is 2. The first-order chi connectivity index (χ1) is 9.25. The van der Waals surface area contributed by atoms with Crippen molar-refractivity contribution in [3.63, 3.8) is 0 Å². The van der Waals surface area contributed by atoms with E-state index in [1.807, 2.05) is 39.6 Å². The molecule has 5 nitrogen and oxygen atoms in total. The Morgan fingerprint density at radius 1 is 1.15 bits per heavy atom. The van der Waals surface area contributed by atoms with Gasteiger partial charge in [0.25, 0.3) is 0 Å². The van der Waals surface area contributed by atoms with Gasteiger partial charge >= 0.3 is 0 Å². The van der Waals surface area contributed by atoms with Crippen molar-refractivity contribution in [3.8, 4) is 0 Å². The molecule has 0 aromatic heterocycles. The van der Waals surface area contributed by atoms with Gasteiger partial charge in [0.2, 0.25) is 11.8 Å². The summed E-state index contributed by atoms with van der Waals surface area (Å²) in [7, 11) is 1.85. The zero-order valence-electron chi connectivity index (χ0n) is 13.4. The lowest BCUT2D eigenvalue weighted by Crippen LogP contribution is -2.51. The van der Waals surface area contributed by atoms with E-state index in [1.165, 1.54) is 0 Å². The lowest BCUT2D eigenvalue weighted by molar-refractivity contribution is -0.141. The molecular formula is C15H29N3O2. The standard InChI is InChI=1S/C15H29N3O2/c1-10(2)13(16)15(20)18-8-6-12(7-9-18)14(19)17(5)11(3)4/h10-13H,6-9,16H2,1-5H3/t13-/m0/s1. The average Bonchev–Trinajstić information content (AvgIpc) is 2.44. The fourth-order valence-electron chi connectivity index (χ4n) is 2.39. The van der Waals surface area contributed by atoms with E-state index >= 15 is 0 Å². The van der Waals surface area contributed by atoms with E-state index in [1.54, 1.807) is 4.90 Å². The molecule has 0 unspecified atom stereocenters. The van der Waals surface area contributed by atoms with E-state index in [4.69, 9.17) is 5.73 Å². The van der Waals surface area contributed by atoms with Gasteiger partial charge in [0, 0.05) is 32.1 Å². The first-order valence-electron chi connectivity index (χ1n) is 7.56. The molecule has 1 fully saturated rings. The first kappa shape index (κ1) is 17.0. The van der Waals surface area contributed by atoms with Gasteiger partial charge in [-0.1, -0.05) is 13.8 Å². The van der Waals surface area contributed by atoms with Crippen LogP contribution in [0.2, 0.25) is 0 Å². The van der Waals surface area contributed by atoms with Gasteiger partial charge < -0.3 is 15.5 Å². The quantitative estimate of drug-likeness (QED) is 0.839. The van der Waals surface area contributed by atoms with Crippen LogP contribution in [0.15, 0.2) is 0 Å². The van der Waals surface area contributed by atoms with E-state index in [9.17, 15) is 9.59 Å². The van der Waals surface area contributed by atoms with Crippen molar-refractivity contribution in [3.05, 3.63) is 0 Å². The van der Waals surface area contributed by atoms with Crippen molar-refractivity contribution in [1.29, 1.82) is 0 Å². The summed E-state index contributed by atoms with van der Waals surface area (Å²) in [6.45, 7) is 9.21. The molecule has 5 heteroatoms. The number of nitrogens with two attached hydrogens (primary N) is 1. The Morgan fingerprint density at radius 3 is 2.05 bits per heavy atom. The molecule has 0 aromatic carbocycles. The molecule has 2 N–H and O–H groups in total. The molecule has 116 valence electrons. The molecule has 1 aliphatic rings. The van der Waals surface area contributed by atoms with Gasteiger partial charge in [-0.3, -0.25) is 9.59 Å². The summed E-state index contributed by atoms with van der Waals surface area (Å²) in [5.41, 5.74) is 5.91. The number of rotatable bonds is 4. The average molecular weight is 283 g/mol. The van der Waals surface area contributed by atoms with Crippen LogP contribution in [-0.2, 0) is 9.59 Å². The van der Waals surface area contributed by atoms with Crippen LogP contribution in [0.25, 0.3) is 0 Å².